The number of amides is 1. The molecule has 1 amide bonds. The lowest BCUT2D eigenvalue weighted by Gasteiger charge is -2.40. The lowest BCUT2D eigenvalue weighted by atomic mass is 9.86. The number of pyridine rings is 1. The second-order valence-corrected chi connectivity index (χ2v) is 13.1. The van der Waals surface area contributed by atoms with Crippen LogP contribution in [0.4, 0.5) is 14.6 Å². The number of ether oxygens (including phenoxy) is 1. The molecule has 2 aliphatic rings. The second kappa shape index (κ2) is 12.0. The first kappa shape index (κ1) is 30.2. The van der Waals surface area contributed by atoms with Gasteiger partial charge in [0.2, 0.25) is 5.91 Å². The lowest BCUT2D eigenvalue weighted by molar-refractivity contribution is -0.120. The first-order valence-corrected chi connectivity index (χ1v) is 14.3. The van der Waals surface area contributed by atoms with Gasteiger partial charge in [0.1, 0.15) is 5.60 Å². The number of carbonyl (C=O) groups excluding carboxylic acids is 1. The SMILES string of the molecule is CC(=O)N[C@@H](Cc1ccc(F)c(F)c1)[C@H](O)CN[C@H]1CC(C)(C)Oc2c1cc(CC(C)(C)C)nc2N1CCCC1. The van der Waals surface area contributed by atoms with Crippen LogP contribution in [0.3, 0.4) is 0 Å². The average molecular weight is 559 g/mol. The minimum atomic E-state index is -0.972. The number of nitrogens with one attached hydrogen (secondary N) is 2. The number of benzene rings is 1. The molecule has 2 aliphatic heterocycles. The predicted octanol–water partition coefficient (Wildman–Crippen LogP) is 4.85. The standard InChI is InChI=1S/C31H44F2N4O3/c1-19(38)35-25(14-20-9-10-23(32)24(33)13-20)27(39)18-34-26-17-31(5,6)40-28-22(26)15-21(16-30(2,3)4)36-29(28)37-11-7-8-12-37/h9-10,13,15,25-27,34,39H,7-8,11-12,14,16-18H2,1-6H3,(H,35,38)/t25-,26-,27+/m0/s1. The van der Waals surface area contributed by atoms with E-state index in [-0.39, 0.29) is 30.3 Å². The van der Waals surface area contributed by atoms with Crippen molar-refractivity contribution in [3.05, 3.63) is 52.7 Å². The summed E-state index contributed by atoms with van der Waals surface area (Å²) in [5.74, 6) is -0.512. The summed E-state index contributed by atoms with van der Waals surface area (Å²) in [7, 11) is 0. The van der Waals surface area contributed by atoms with Gasteiger partial charge < -0.3 is 25.4 Å². The molecule has 3 atom stereocenters. The topological polar surface area (TPSA) is 86.7 Å². The second-order valence-electron chi connectivity index (χ2n) is 13.1. The van der Waals surface area contributed by atoms with Crippen LogP contribution >= 0.6 is 0 Å². The Bertz CT molecular complexity index is 1210. The third-order valence-corrected chi connectivity index (χ3v) is 7.47. The summed E-state index contributed by atoms with van der Waals surface area (Å²) in [5.41, 5.74) is 2.13. The molecule has 0 radical (unpaired) electrons. The molecule has 9 heteroatoms. The highest BCUT2D eigenvalue weighted by molar-refractivity contribution is 5.73. The molecule has 7 nitrogen and oxygen atoms in total. The molecular formula is C31H44F2N4O3. The minimum Gasteiger partial charge on any atom is -0.484 e. The summed E-state index contributed by atoms with van der Waals surface area (Å²) < 4.78 is 33.8. The van der Waals surface area contributed by atoms with E-state index in [1.54, 1.807) is 0 Å². The molecule has 4 rings (SSSR count). The highest BCUT2D eigenvalue weighted by Gasteiger charge is 2.38. The fraction of sp³-hybridized carbons (Fsp3) is 0.613. The zero-order chi connectivity index (χ0) is 29.2. The number of aliphatic hydroxyl groups excluding tert-OH is 1. The minimum absolute atomic E-state index is 0.0584. The maximum atomic E-state index is 13.8. The summed E-state index contributed by atoms with van der Waals surface area (Å²) in [6.45, 7) is 14.2. The van der Waals surface area contributed by atoms with Gasteiger partial charge in [-0.3, -0.25) is 4.79 Å². The maximum Gasteiger partial charge on any atom is 0.217 e. The van der Waals surface area contributed by atoms with E-state index in [1.807, 2.05) is 0 Å². The number of halogens is 2. The Morgan fingerprint density at radius 1 is 1.20 bits per heavy atom. The first-order valence-electron chi connectivity index (χ1n) is 14.3. The van der Waals surface area contributed by atoms with Crippen LogP contribution < -0.4 is 20.3 Å². The number of anilines is 1. The van der Waals surface area contributed by atoms with Crippen molar-refractivity contribution >= 4 is 11.7 Å². The van der Waals surface area contributed by atoms with Crippen LogP contribution in [0.5, 0.6) is 5.75 Å². The lowest BCUT2D eigenvalue weighted by Crippen LogP contribution is -2.49. The van der Waals surface area contributed by atoms with E-state index in [0.717, 1.165) is 67.3 Å². The van der Waals surface area contributed by atoms with Crippen molar-refractivity contribution in [1.29, 1.82) is 0 Å². The van der Waals surface area contributed by atoms with Gasteiger partial charge in [0.15, 0.2) is 23.2 Å². The molecule has 40 heavy (non-hydrogen) atoms. The molecule has 220 valence electrons. The van der Waals surface area contributed by atoms with E-state index in [0.29, 0.717) is 12.0 Å². The Morgan fingerprint density at radius 3 is 2.52 bits per heavy atom. The van der Waals surface area contributed by atoms with Crippen LogP contribution in [0.1, 0.15) is 83.7 Å². The number of aromatic nitrogens is 1. The van der Waals surface area contributed by atoms with Gasteiger partial charge in [-0.25, -0.2) is 13.8 Å². The molecule has 1 saturated heterocycles. The van der Waals surface area contributed by atoms with Gasteiger partial charge in [-0.1, -0.05) is 26.8 Å². The third kappa shape index (κ3) is 7.69. The Kier molecular flexibility index (Phi) is 9.05. The Hall–Kier alpha value is -2.78. The van der Waals surface area contributed by atoms with E-state index in [4.69, 9.17) is 9.72 Å². The van der Waals surface area contributed by atoms with Gasteiger partial charge >= 0.3 is 0 Å². The number of aliphatic hydroxyl groups is 1. The number of hydrogen-bond donors (Lipinski definition) is 3. The van der Waals surface area contributed by atoms with Crippen molar-refractivity contribution in [2.24, 2.45) is 5.41 Å². The van der Waals surface area contributed by atoms with Gasteiger partial charge in [0.25, 0.3) is 0 Å². The molecule has 1 aromatic carbocycles. The summed E-state index contributed by atoms with van der Waals surface area (Å²) in [4.78, 5) is 19.3. The van der Waals surface area contributed by atoms with E-state index in [2.05, 4.69) is 56.2 Å². The predicted molar refractivity (Wildman–Crippen MR) is 153 cm³/mol. The first-order chi connectivity index (χ1) is 18.7. The van der Waals surface area contributed by atoms with Gasteiger partial charge in [0.05, 0.1) is 12.1 Å². The van der Waals surface area contributed by atoms with Crippen LogP contribution in [-0.2, 0) is 17.6 Å². The summed E-state index contributed by atoms with van der Waals surface area (Å²) in [6, 6.07) is 4.96. The van der Waals surface area contributed by atoms with Crippen LogP contribution in [0.15, 0.2) is 24.3 Å². The quantitative estimate of drug-likeness (QED) is 0.408. The zero-order valence-corrected chi connectivity index (χ0v) is 24.6. The molecule has 0 aliphatic carbocycles. The van der Waals surface area contributed by atoms with Crippen molar-refractivity contribution in [3.63, 3.8) is 0 Å². The number of fused-ring (bicyclic) bond motifs is 1. The highest BCUT2D eigenvalue weighted by atomic mass is 19.2. The van der Waals surface area contributed by atoms with E-state index in [1.165, 1.54) is 13.0 Å². The fourth-order valence-electron chi connectivity index (χ4n) is 5.71. The zero-order valence-electron chi connectivity index (χ0n) is 24.6. The molecule has 0 saturated carbocycles. The maximum absolute atomic E-state index is 13.8. The summed E-state index contributed by atoms with van der Waals surface area (Å²) in [5, 5.41) is 17.5. The number of carbonyl (C=O) groups is 1. The van der Waals surface area contributed by atoms with Crippen LogP contribution in [0.2, 0.25) is 0 Å². The van der Waals surface area contributed by atoms with Gasteiger partial charge in [-0.15, -0.1) is 0 Å². The van der Waals surface area contributed by atoms with E-state index in [9.17, 15) is 18.7 Å². The largest absolute Gasteiger partial charge is 0.484 e. The average Bonchev–Trinajstić information content (AvgIpc) is 3.37. The summed E-state index contributed by atoms with van der Waals surface area (Å²) >= 11 is 0. The molecule has 1 fully saturated rings. The monoisotopic (exact) mass is 558 g/mol. The Labute approximate surface area is 236 Å². The van der Waals surface area contributed by atoms with Crippen molar-refractivity contribution in [3.8, 4) is 5.75 Å². The number of nitrogens with zero attached hydrogens (tertiary/aromatic N) is 2. The third-order valence-electron chi connectivity index (χ3n) is 7.47. The van der Waals surface area contributed by atoms with Gasteiger partial charge in [-0.2, -0.15) is 0 Å². The number of rotatable bonds is 9. The van der Waals surface area contributed by atoms with Crippen molar-refractivity contribution in [2.45, 2.75) is 97.4 Å². The fourth-order valence-corrected chi connectivity index (χ4v) is 5.71. The van der Waals surface area contributed by atoms with Crippen molar-refractivity contribution in [2.75, 3.05) is 24.5 Å². The van der Waals surface area contributed by atoms with Crippen molar-refractivity contribution in [1.82, 2.24) is 15.6 Å². The van der Waals surface area contributed by atoms with E-state index < -0.39 is 29.4 Å². The molecule has 3 N–H and O–H groups in total. The molecule has 0 bridgehead atoms. The van der Waals surface area contributed by atoms with Crippen LogP contribution in [0.25, 0.3) is 0 Å². The molecule has 0 unspecified atom stereocenters. The highest BCUT2D eigenvalue weighted by Crippen LogP contribution is 2.45. The van der Waals surface area contributed by atoms with Crippen molar-refractivity contribution < 1.29 is 23.4 Å². The van der Waals surface area contributed by atoms with Crippen LogP contribution in [0, 0.1) is 17.0 Å². The van der Waals surface area contributed by atoms with Crippen LogP contribution in [-0.4, -0.2) is 53.4 Å². The van der Waals surface area contributed by atoms with E-state index >= 15 is 0 Å². The molecule has 1 aromatic heterocycles. The normalized spacial score (nSPS) is 20.0. The molecule has 0 spiro atoms. The molecular weight excluding hydrogens is 514 g/mol. The molecule has 2 aromatic rings. The van der Waals surface area contributed by atoms with Gasteiger partial charge in [-0.05, 0) is 68.7 Å². The van der Waals surface area contributed by atoms with Gasteiger partial charge in [0, 0.05) is 50.3 Å². The Balaban J connectivity index is 1.60. The smallest absolute Gasteiger partial charge is 0.217 e. The molecule has 3 heterocycles. The number of hydrogen-bond acceptors (Lipinski definition) is 6. The Morgan fingerprint density at radius 2 is 1.90 bits per heavy atom. The summed E-state index contributed by atoms with van der Waals surface area (Å²) in [6.07, 6.45) is 2.94.